The van der Waals surface area contributed by atoms with Crippen molar-refractivity contribution in [3.05, 3.63) is 18.6 Å². The summed E-state index contributed by atoms with van der Waals surface area (Å²) in [5.41, 5.74) is 0.979. The zero-order valence-electron chi connectivity index (χ0n) is 11.0. The second kappa shape index (κ2) is 4.24. The van der Waals surface area contributed by atoms with Crippen LogP contribution in [0.1, 0.15) is 13.8 Å². The molecule has 0 aliphatic carbocycles. The monoisotopic (exact) mass is 246 g/mol. The fourth-order valence-corrected chi connectivity index (χ4v) is 2.67. The first kappa shape index (κ1) is 11.5. The second-order valence-electron chi connectivity index (χ2n) is 5.02. The molecule has 2 aromatic heterocycles. The average molecular weight is 246 g/mol. The number of rotatable bonds is 1. The highest BCUT2D eigenvalue weighted by Gasteiger charge is 2.24. The summed E-state index contributed by atoms with van der Waals surface area (Å²) in [5.74, 6) is 1.02. The first-order valence-corrected chi connectivity index (χ1v) is 6.31. The van der Waals surface area contributed by atoms with Gasteiger partial charge in [-0.15, -0.1) is 0 Å². The Morgan fingerprint density at radius 3 is 2.67 bits per heavy atom. The van der Waals surface area contributed by atoms with Gasteiger partial charge >= 0.3 is 0 Å². The average Bonchev–Trinajstić information content (AvgIpc) is 2.70. The van der Waals surface area contributed by atoms with Gasteiger partial charge in [0.15, 0.2) is 0 Å². The van der Waals surface area contributed by atoms with E-state index in [0.29, 0.717) is 0 Å². The van der Waals surface area contributed by atoms with Crippen LogP contribution in [0.3, 0.4) is 0 Å². The number of morpholine rings is 1. The van der Waals surface area contributed by atoms with E-state index in [9.17, 15) is 0 Å². The fraction of sp³-hybridized carbons (Fsp3) is 0.538. The maximum atomic E-state index is 5.76. The summed E-state index contributed by atoms with van der Waals surface area (Å²) in [4.78, 5) is 11.1. The molecule has 0 spiro atoms. The van der Waals surface area contributed by atoms with E-state index in [1.807, 2.05) is 17.8 Å². The van der Waals surface area contributed by atoms with Crippen LogP contribution in [0.2, 0.25) is 0 Å². The molecule has 0 saturated carbocycles. The van der Waals surface area contributed by atoms with E-state index in [2.05, 4.69) is 34.8 Å². The summed E-state index contributed by atoms with van der Waals surface area (Å²) in [6.07, 6.45) is 4.14. The topological polar surface area (TPSA) is 43.2 Å². The Kier molecular flexibility index (Phi) is 2.70. The molecule has 0 bridgehead atoms. The lowest BCUT2D eigenvalue weighted by Gasteiger charge is -2.36. The lowest BCUT2D eigenvalue weighted by atomic mass is 10.2. The maximum absolute atomic E-state index is 5.76. The molecule has 0 N–H and O–H groups in total. The van der Waals surface area contributed by atoms with Crippen molar-refractivity contribution < 1.29 is 4.74 Å². The number of anilines is 1. The number of fused-ring (bicyclic) bond motifs is 1. The lowest BCUT2D eigenvalue weighted by molar-refractivity contribution is -0.00537. The van der Waals surface area contributed by atoms with E-state index in [-0.39, 0.29) is 12.2 Å². The summed E-state index contributed by atoms with van der Waals surface area (Å²) in [7, 11) is 2.00. The van der Waals surface area contributed by atoms with Crippen molar-refractivity contribution in [3.63, 3.8) is 0 Å². The van der Waals surface area contributed by atoms with Crippen LogP contribution in [0.4, 0.5) is 5.82 Å². The molecule has 2 aromatic rings. The Morgan fingerprint density at radius 1 is 1.22 bits per heavy atom. The molecule has 2 atom stereocenters. The third-order valence-corrected chi connectivity index (χ3v) is 3.36. The lowest BCUT2D eigenvalue weighted by Crippen LogP contribution is -2.45. The van der Waals surface area contributed by atoms with Gasteiger partial charge in [-0.2, -0.15) is 0 Å². The van der Waals surface area contributed by atoms with Crippen LogP contribution in [0.15, 0.2) is 18.6 Å². The minimum absolute atomic E-state index is 0.238. The Bertz CT molecular complexity index is 555. The molecule has 18 heavy (non-hydrogen) atoms. The summed E-state index contributed by atoms with van der Waals surface area (Å²) < 4.78 is 7.79. The molecule has 3 heterocycles. The van der Waals surface area contributed by atoms with E-state index in [4.69, 9.17) is 4.74 Å². The van der Waals surface area contributed by atoms with Crippen molar-refractivity contribution >= 4 is 16.9 Å². The third-order valence-electron chi connectivity index (χ3n) is 3.36. The van der Waals surface area contributed by atoms with Gasteiger partial charge in [-0.1, -0.05) is 0 Å². The van der Waals surface area contributed by atoms with Crippen molar-refractivity contribution in [1.29, 1.82) is 0 Å². The molecule has 96 valence electrons. The highest BCUT2D eigenvalue weighted by molar-refractivity contribution is 5.87. The van der Waals surface area contributed by atoms with Crippen molar-refractivity contribution in [1.82, 2.24) is 14.5 Å². The smallest absolute Gasteiger partial charge is 0.145 e. The number of nitrogens with zero attached hydrogens (tertiary/aromatic N) is 4. The molecule has 1 fully saturated rings. The van der Waals surface area contributed by atoms with Gasteiger partial charge in [-0.3, -0.25) is 0 Å². The quantitative estimate of drug-likeness (QED) is 0.766. The fourth-order valence-electron chi connectivity index (χ4n) is 2.67. The normalized spacial score (nSPS) is 24.7. The standard InChI is InChI=1S/C13H18N4O/c1-9-6-17(7-10(2)18-9)13-11-4-5-16(3)12(11)14-8-15-13/h4-5,8-10H,6-7H2,1-3H3. The van der Waals surface area contributed by atoms with Gasteiger partial charge in [0.25, 0.3) is 0 Å². The van der Waals surface area contributed by atoms with Gasteiger partial charge in [0.2, 0.25) is 0 Å². The Hall–Kier alpha value is -1.62. The van der Waals surface area contributed by atoms with Crippen molar-refractivity contribution in [2.75, 3.05) is 18.0 Å². The Labute approximate surface area is 106 Å². The number of ether oxygens (including phenoxy) is 1. The molecule has 0 aromatic carbocycles. The molecule has 1 aliphatic rings. The van der Waals surface area contributed by atoms with E-state index >= 15 is 0 Å². The molecule has 3 rings (SSSR count). The highest BCUT2D eigenvalue weighted by Crippen LogP contribution is 2.25. The van der Waals surface area contributed by atoms with Crippen molar-refractivity contribution in [2.24, 2.45) is 7.05 Å². The van der Waals surface area contributed by atoms with Crippen LogP contribution in [0.5, 0.6) is 0 Å². The van der Waals surface area contributed by atoms with Crippen LogP contribution in [-0.2, 0) is 11.8 Å². The van der Waals surface area contributed by atoms with Gasteiger partial charge in [-0.05, 0) is 19.9 Å². The Morgan fingerprint density at radius 2 is 1.94 bits per heavy atom. The summed E-state index contributed by atoms with van der Waals surface area (Å²) in [5, 5.41) is 1.11. The van der Waals surface area contributed by atoms with E-state index < -0.39 is 0 Å². The van der Waals surface area contributed by atoms with Crippen molar-refractivity contribution in [3.8, 4) is 0 Å². The zero-order chi connectivity index (χ0) is 12.7. The molecular formula is C13H18N4O. The van der Waals surface area contributed by atoms with Gasteiger partial charge in [0, 0.05) is 26.3 Å². The molecule has 5 nitrogen and oxygen atoms in total. The summed E-state index contributed by atoms with van der Waals surface area (Å²) in [6, 6.07) is 2.08. The zero-order valence-corrected chi connectivity index (χ0v) is 11.0. The SMILES string of the molecule is CC1CN(c2ncnc3c2ccn3C)CC(C)O1. The van der Waals surface area contributed by atoms with Crippen LogP contribution in [0.25, 0.3) is 11.0 Å². The van der Waals surface area contributed by atoms with Crippen molar-refractivity contribution in [2.45, 2.75) is 26.1 Å². The first-order chi connectivity index (χ1) is 8.65. The third kappa shape index (κ3) is 1.84. The van der Waals surface area contributed by atoms with Crippen LogP contribution in [-0.4, -0.2) is 39.8 Å². The van der Waals surface area contributed by atoms with Gasteiger partial charge in [-0.25, -0.2) is 9.97 Å². The van der Waals surface area contributed by atoms with E-state index in [0.717, 1.165) is 29.9 Å². The predicted molar refractivity (Wildman–Crippen MR) is 70.7 cm³/mol. The minimum Gasteiger partial charge on any atom is -0.372 e. The largest absolute Gasteiger partial charge is 0.372 e. The number of aryl methyl sites for hydroxylation is 1. The molecule has 0 radical (unpaired) electrons. The number of hydrogen-bond acceptors (Lipinski definition) is 4. The van der Waals surface area contributed by atoms with E-state index in [1.54, 1.807) is 6.33 Å². The number of aromatic nitrogens is 3. The molecule has 1 aliphatic heterocycles. The maximum Gasteiger partial charge on any atom is 0.145 e. The Balaban J connectivity index is 2.03. The molecule has 0 amide bonds. The van der Waals surface area contributed by atoms with Gasteiger partial charge < -0.3 is 14.2 Å². The predicted octanol–water partition coefficient (Wildman–Crippen LogP) is 1.58. The first-order valence-electron chi connectivity index (χ1n) is 6.31. The van der Waals surface area contributed by atoms with Gasteiger partial charge in [0.05, 0.1) is 17.6 Å². The number of hydrogen-bond donors (Lipinski definition) is 0. The van der Waals surface area contributed by atoms with Crippen LogP contribution in [0, 0.1) is 0 Å². The molecule has 2 unspecified atom stereocenters. The highest BCUT2D eigenvalue weighted by atomic mass is 16.5. The second-order valence-corrected chi connectivity index (χ2v) is 5.02. The molecule has 1 saturated heterocycles. The van der Waals surface area contributed by atoms with Gasteiger partial charge in [0.1, 0.15) is 17.8 Å². The van der Waals surface area contributed by atoms with E-state index in [1.165, 1.54) is 0 Å². The molecule has 5 heteroatoms. The summed E-state index contributed by atoms with van der Waals surface area (Å²) in [6.45, 7) is 5.97. The van der Waals surface area contributed by atoms with Crippen LogP contribution >= 0.6 is 0 Å². The molecular weight excluding hydrogens is 228 g/mol. The minimum atomic E-state index is 0.238. The summed E-state index contributed by atoms with van der Waals surface area (Å²) >= 11 is 0. The van der Waals surface area contributed by atoms with Crippen LogP contribution < -0.4 is 4.90 Å².